The molecule has 88 valence electrons. The standard InChI is InChI=1S/C14H20O2/c1-4-5-10-14(2,15)11-12-6-8-13(16-3)9-7-12/h4-9,15H,10-11H2,1-3H3/b5-4+. The van der Waals surface area contributed by atoms with E-state index in [9.17, 15) is 5.11 Å². The maximum absolute atomic E-state index is 10.1. The molecule has 0 fully saturated rings. The Bertz CT molecular complexity index is 336. The fraction of sp³-hybridized carbons (Fsp3) is 0.429. The lowest BCUT2D eigenvalue weighted by Gasteiger charge is -2.21. The normalized spacial score (nSPS) is 15.0. The van der Waals surface area contributed by atoms with Crippen LogP contribution in [0.5, 0.6) is 5.75 Å². The first kappa shape index (κ1) is 12.8. The molecule has 2 heteroatoms. The first-order valence-electron chi connectivity index (χ1n) is 5.54. The van der Waals surface area contributed by atoms with E-state index >= 15 is 0 Å². The summed E-state index contributed by atoms with van der Waals surface area (Å²) in [6.45, 7) is 3.82. The van der Waals surface area contributed by atoms with Crippen LogP contribution in [0.4, 0.5) is 0 Å². The van der Waals surface area contributed by atoms with Gasteiger partial charge in [-0.2, -0.15) is 0 Å². The summed E-state index contributed by atoms with van der Waals surface area (Å²) in [4.78, 5) is 0. The van der Waals surface area contributed by atoms with Gasteiger partial charge in [-0.1, -0.05) is 24.3 Å². The quantitative estimate of drug-likeness (QED) is 0.773. The van der Waals surface area contributed by atoms with Crippen LogP contribution in [0.2, 0.25) is 0 Å². The van der Waals surface area contributed by atoms with Crippen molar-refractivity contribution in [3.05, 3.63) is 42.0 Å². The second-order valence-electron chi connectivity index (χ2n) is 4.29. The van der Waals surface area contributed by atoms with E-state index in [0.717, 1.165) is 11.3 Å². The highest BCUT2D eigenvalue weighted by Gasteiger charge is 2.18. The molecule has 2 nitrogen and oxygen atoms in total. The fourth-order valence-electron chi connectivity index (χ4n) is 1.63. The predicted octanol–water partition coefficient (Wildman–Crippen LogP) is 2.95. The van der Waals surface area contributed by atoms with E-state index < -0.39 is 5.60 Å². The molecule has 0 spiro atoms. The molecule has 0 aliphatic carbocycles. The molecule has 0 saturated heterocycles. The average molecular weight is 220 g/mol. The van der Waals surface area contributed by atoms with Crippen LogP contribution in [0.25, 0.3) is 0 Å². The van der Waals surface area contributed by atoms with Crippen molar-refractivity contribution in [1.29, 1.82) is 0 Å². The Balaban J connectivity index is 2.64. The molecular weight excluding hydrogens is 200 g/mol. The highest BCUT2D eigenvalue weighted by Crippen LogP contribution is 2.19. The summed E-state index contributed by atoms with van der Waals surface area (Å²) in [6.07, 6.45) is 5.28. The highest BCUT2D eigenvalue weighted by atomic mass is 16.5. The van der Waals surface area contributed by atoms with Crippen LogP contribution in [-0.4, -0.2) is 17.8 Å². The van der Waals surface area contributed by atoms with Crippen molar-refractivity contribution in [2.75, 3.05) is 7.11 Å². The monoisotopic (exact) mass is 220 g/mol. The minimum absolute atomic E-state index is 0.654. The predicted molar refractivity (Wildman–Crippen MR) is 66.8 cm³/mol. The summed E-state index contributed by atoms with van der Waals surface area (Å²) in [5.41, 5.74) is 0.441. The minimum atomic E-state index is -0.679. The molecule has 1 atom stereocenters. The van der Waals surface area contributed by atoms with Crippen molar-refractivity contribution >= 4 is 0 Å². The Morgan fingerprint density at radius 3 is 2.44 bits per heavy atom. The van der Waals surface area contributed by atoms with Crippen LogP contribution >= 0.6 is 0 Å². The van der Waals surface area contributed by atoms with E-state index in [1.165, 1.54) is 0 Å². The van der Waals surface area contributed by atoms with E-state index in [-0.39, 0.29) is 0 Å². The van der Waals surface area contributed by atoms with Gasteiger partial charge in [0, 0.05) is 6.42 Å². The highest BCUT2D eigenvalue weighted by molar-refractivity contribution is 5.28. The fourth-order valence-corrected chi connectivity index (χ4v) is 1.63. The van der Waals surface area contributed by atoms with Gasteiger partial charge in [0.05, 0.1) is 12.7 Å². The van der Waals surface area contributed by atoms with Crippen LogP contribution in [0.3, 0.4) is 0 Å². The topological polar surface area (TPSA) is 29.5 Å². The van der Waals surface area contributed by atoms with Crippen molar-refractivity contribution in [2.45, 2.75) is 32.3 Å². The first-order chi connectivity index (χ1) is 7.57. The van der Waals surface area contributed by atoms with E-state index in [2.05, 4.69) is 0 Å². The molecule has 1 aromatic rings. The molecule has 0 amide bonds. The molecular formula is C14H20O2. The molecule has 1 unspecified atom stereocenters. The molecule has 1 aromatic carbocycles. The van der Waals surface area contributed by atoms with Gasteiger partial charge in [-0.05, 0) is 38.0 Å². The SMILES string of the molecule is C/C=C/CC(C)(O)Cc1ccc(OC)cc1. The molecule has 16 heavy (non-hydrogen) atoms. The minimum Gasteiger partial charge on any atom is -0.497 e. The van der Waals surface area contributed by atoms with Gasteiger partial charge in [0.2, 0.25) is 0 Å². The molecule has 0 heterocycles. The van der Waals surface area contributed by atoms with Gasteiger partial charge in [0.1, 0.15) is 5.75 Å². The van der Waals surface area contributed by atoms with Gasteiger partial charge >= 0.3 is 0 Å². The summed E-state index contributed by atoms with van der Waals surface area (Å²) in [5.74, 6) is 0.844. The Labute approximate surface area is 97.6 Å². The molecule has 0 aliphatic rings. The Kier molecular flexibility index (Phi) is 4.56. The van der Waals surface area contributed by atoms with E-state index in [1.54, 1.807) is 7.11 Å². The second kappa shape index (κ2) is 5.71. The third-order valence-corrected chi connectivity index (χ3v) is 2.54. The van der Waals surface area contributed by atoms with E-state index in [4.69, 9.17) is 4.74 Å². The maximum Gasteiger partial charge on any atom is 0.118 e. The number of aliphatic hydroxyl groups is 1. The lowest BCUT2D eigenvalue weighted by Crippen LogP contribution is -2.26. The third kappa shape index (κ3) is 4.07. The number of hydrogen-bond donors (Lipinski definition) is 1. The second-order valence-corrected chi connectivity index (χ2v) is 4.29. The number of ether oxygens (including phenoxy) is 1. The zero-order chi connectivity index (χ0) is 12.0. The molecule has 0 radical (unpaired) electrons. The Hall–Kier alpha value is -1.28. The first-order valence-corrected chi connectivity index (χ1v) is 5.54. The lowest BCUT2D eigenvalue weighted by atomic mass is 9.93. The number of hydrogen-bond acceptors (Lipinski definition) is 2. The van der Waals surface area contributed by atoms with E-state index in [0.29, 0.717) is 12.8 Å². The summed E-state index contributed by atoms with van der Waals surface area (Å²) in [6, 6.07) is 7.81. The van der Waals surface area contributed by atoms with Crippen molar-refractivity contribution in [1.82, 2.24) is 0 Å². The van der Waals surface area contributed by atoms with Crippen molar-refractivity contribution in [3.63, 3.8) is 0 Å². The van der Waals surface area contributed by atoms with Gasteiger partial charge < -0.3 is 9.84 Å². The van der Waals surface area contributed by atoms with Crippen LogP contribution in [0, 0.1) is 0 Å². The molecule has 1 rings (SSSR count). The third-order valence-electron chi connectivity index (χ3n) is 2.54. The van der Waals surface area contributed by atoms with Gasteiger partial charge in [-0.25, -0.2) is 0 Å². The number of methoxy groups -OCH3 is 1. The van der Waals surface area contributed by atoms with Gasteiger partial charge in [-0.15, -0.1) is 0 Å². The maximum atomic E-state index is 10.1. The van der Waals surface area contributed by atoms with E-state index in [1.807, 2.05) is 50.3 Å². The molecule has 0 aliphatic heterocycles. The zero-order valence-electron chi connectivity index (χ0n) is 10.2. The van der Waals surface area contributed by atoms with Gasteiger partial charge in [0.25, 0.3) is 0 Å². The van der Waals surface area contributed by atoms with Crippen LogP contribution in [-0.2, 0) is 6.42 Å². The lowest BCUT2D eigenvalue weighted by molar-refractivity contribution is 0.0636. The van der Waals surface area contributed by atoms with Gasteiger partial charge in [-0.3, -0.25) is 0 Å². The molecule has 0 bridgehead atoms. The molecule has 0 aromatic heterocycles. The van der Waals surface area contributed by atoms with Crippen LogP contribution in [0.1, 0.15) is 25.8 Å². The largest absolute Gasteiger partial charge is 0.497 e. The Morgan fingerprint density at radius 2 is 1.94 bits per heavy atom. The Morgan fingerprint density at radius 1 is 1.31 bits per heavy atom. The summed E-state index contributed by atoms with van der Waals surface area (Å²) >= 11 is 0. The van der Waals surface area contributed by atoms with Crippen molar-refractivity contribution < 1.29 is 9.84 Å². The average Bonchev–Trinajstić information content (AvgIpc) is 2.27. The number of rotatable bonds is 5. The molecule has 0 saturated carbocycles. The number of allylic oxidation sites excluding steroid dienone is 1. The van der Waals surface area contributed by atoms with Crippen LogP contribution < -0.4 is 4.74 Å². The van der Waals surface area contributed by atoms with Gasteiger partial charge in [0.15, 0.2) is 0 Å². The zero-order valence-corrected chi connectivity index (χ0v) is 10.2. The molecule has 1 N–H and O–H groups in total. The summed E-state index contributed by atoms with van der Waals surface area (Å²) in [7, 11) is 1.65. The smallest absolute Gasteiger partial charge is 0.118 e. The summed E-state index contributed by atoms with van der Waals surface area (Å²) in [5, 5.41) is 10.1. The van der Waals surface area contributed by atoms with Crippen molar-refractivity contribution in [2.24, 2.45) is 0 Å². The summed E-state index contributed by atoms with van der Waals surface area (Å²) < 4.78 is 5.09. The van der Waals surface area contributed by atoms with Crippen molar-refractivity contribution in [3.8, 4) is 5.75 Å². The van der Waals surface area contributed by atoms with Crippen LogP contribution in [0.15, 0.2) is 36.4 Å². The number of benzene rings is 1.